The molecule has 0 spiro atoms. The van der Waals surface area contributed by atoms with Crippen molar-refractivity contribution in [1.82, 2.24) is 0 Å². The third-order valence-corrected chi connectivity index (χ3v) is 2.28. The number of methoxy groups -OCH3 is 1. The Labute approximate surface area is 86.2 Å². The number of hydrogen-bond acceptors (Lipinski definition) is 2. The van der Waals surface area contributed by atoms with E-state index in [2.05, 4.69) is 22.6 Å². The first-order chi connectivity index (χ1) is 5.54. The van der Waals surface area contributed by atoms with Gasteiger partial charge in [0, 0.05) is 0 Å². The fraction of sp³-hybridized carbons (Fsp3) is 0.333. The largest absolute Gasteiger partial charge is 0.497 e. The van der Waals surface area contributed by atoms with Crippen LogP contribution in [0, 0.1) is 0 Å². The van der Waals surface area contributed by atoms with E-state index < -0.39 is 0 Å². The lowest BCUT2D eigenvalue weighted by Gasteiger charge is -2.16. The van der Waals surface area contributed by atoms with Crippen LogP contribution in [-0.4, -0.2) is 7.11 Å². The highest BCUT2D eigenvalue weighted by atomic mass is 127. The second kappa shape index (κ2) is 3.62. The van der Waals surface area contributed by atoms with Crippen molar-refractivity contribution in [1.29, 1.82) is 0 Å². The Morgan fingerprint density at radius 1 is 1.33 bits per heavy atom. The van der Waals surface area contributed by atoms with E-state index in [1.165, 1.54) is 0 Å². The Kier molecular flexibility index (Phi) is 2.95. The number of nitrogens with two attached hydrogens (primary N) is 1. The minimum absolute atomic E-state index is 0.302. The number of benzene rings is 1. The van der Waals surface area contributed by atoms with Gasteiger partial charge < -0.3 is 10.5 Å². The molecule has 66 valence electrons. The second-order valence-corrected chi connectivity index (χ2v) is 5.05. The van der Waals surface area contributed by atoms with E-state index in [1.807, 2.05) is 31.2 Å². The number of hydrogen-bond donors (Lipinski definition) is 1. The molecule has 0 aliphatic heterocycles. The van der Waals surface area contributed by atoms with Crippen LogP contribution < -0.4 is 10.5 Å². The van der Waals surface area contributed by atoms with Gasteiger partial charge in [0.25, 0.3) is 0 Å². The van der Waals surface area contributed by atoms with E-state index >= 15 is 0 Å². The molecule has 1 aromatic rings. The lowest BCUT2D eigenvalue weighted by molar-refractivity contribution is 0.414. The van der Waals surface area contributed by atoms with Crippen LogP contribution in [0.15, 0.2) is 24.3 Å². The Balaban J connectivity index is 2.93. The summed E-state index contributed by atoms with van der Waals surface area (Å²) in [6.45, 7) is 1.97. The Morgan fingerprint density at radius 3 is 2.17 bits per heavy atom. The van der Waals surface area contributed by atoms with E-state index in [-0.39, 0.29) is 3.55 Å². The topological polar surface area (TPSA) is 35.2 Å². The molecule has 0 heterocycles. The highest BCUT2D eigenvalue weighted by Gasteiger charge is 2.15. The Morgan fingerprint density at radius 2 is 1.83 bits per heavy atom. The first kappa shape index (κ1) is 9.80. The summed E-state index contributed by atoms with van der Waals surface area (Å²) < 4.78 is 4.74. The van der Waals surface area contributed by atoms with Crippen molar-refractivity contribution in [3.63, 3.8) is 0 Å². The average Bonchev–Trinajstić information content (AvgIpc) is 2.03. The number of rotatable bonds is 2. The van der Waals surface area contributed by atoms with Gasteiger partial charge in [0.15, 0.2) is 0 Å². The van der Waals surface area contributed by atoms with Gasteiger partial charge in [-0.3, -0.25) is 0 Å². The van der Waals surface area contributed by atoms with Crippen molar-refractivity contribution < 1.29 is 4.74 Å². The molecule has 0 fully saturated rings. The van der Waals surface area contributed by atoms with Crippen molar-refractivity contribution in [2.75, 3.05) is 7.11 Å². The van der Waals surface area contributed by atoms with Gasteiger partial charge in [0.2, 0.25) is 0 Å². The minimum atomic E-state index is -0.302. The summed E-state index contributed by atoms with van der Waals surface area (Å²) in [6, 6.07) is 7.79. The van der Waals surface area contributed by atoms with Gasteiger partial charge in [-0.25, -0.2) is 0 Å². The van der Waals surface area contributed by atoms with Crippen LogP contribution in [-0.2, 0) is 3.55 Å². The fourth-order valence-electron chi connectivity index (χ4n) is 0.917. The number of alkyl halides is 1. The summed E-state index contributed by atoms with van der Waals surface area (Å²) in [6.07, 6.45) is 0. The Hall–Kier alpha value is -0.290. The van der Waals surface area contributed by atoms with Crippen LogP contribution in [0.2, 0.25) is 0 Å². The van der Waals surface area contributed by atoms with Gasteiger partial charge in [0.05, 0.1) is 10.7 Å². The molecule has 1 atom stereocenters. The van der Waals surface area contributed by atoms with Gasteiger partial charge >= 0.3 is 0 Å². The van der Waals surface area contributed by atoms with Crippen LogP contribution in [0.3, 0.4) is 0 Å². The quantitative estimate of drug-likeness (QED) is 0.511. The van der Waals surface area contributed by atoms with Gasteiger partial charge in [-0.2, -0.15) is 0 Å². The van der Waals surface area contributed by atoms with Crippen LogP contribution >= 0.6 is 22.6 Å². The van der Waals surface area contributed by atoms with Crippen LogP contribution in [0.5, 0.6) is 5.75 Å². The van der Waals surface area contributed by atoms with Crippen molar-refractivity contribution >= 4 is 22.6 Å². The maximum absolute atomic E-state index is 5.89. The molecule has 2 nitrogen and oxygen atoms in total. The molecule has 1 aromatic carbocycles. The second-order valence-electron chi connectivity index (χ2n) is 2.80. The lowest BCUT2D eigenvalue weighted by Crippen LogP contribution is -2.24. The number of ether oxygens (including phenoxy) is 1. The molecule has 3 heteroatoms. The summed E-state index contributed by atoms with van der Waals surface area (Å²) >= 11 is 2.20. The van der Waals surface area contributed by atoms with Crippen molar-refractivity contribution in [2.45, 2.75) is 10.5 Å². The summed E-state index contributed by atoms with van der Waals surface area (Å²) in [4.78, 5) is 0. The first-order valence-corrected chi connectivity index (χ1v) is 4.74. The molecule has 1 rings (SSSR count). The predicted octanol–water partition coefficient (Wildman–Crippen LogP) is 2.26. The summed E-state index contributed by atoms with van der Waals surface area (Å²) in [5.41, 5.74) is 6.99. The summed E-state index contributed by atoms with van der Waals surface area (Å²) in [5.74, 6) is 0.861. The molecule has 0 aliphatic rings. The van der Waals surface area contributed by atoms with E-state index in [0.717, 1.165) is 11.3 Å². The average molecular weight is 277 g/mol. The van der Waals surface area contributed by atoms with E-state index in [1.54, 1.807) is 7.11 Å². The predicted molar refractivity (Wildman–Crippen MR) is 58.6 cm³/mol. The van der Waals surface area contributed by atoms with Crippen molar-refractivity contribution in [3.8, 4) is 5.75 Å². The molecule has 0 saturated heterocycles. The number of halogens is 1. The van der Waals surface area contributed by atoms with E-state index in [0.29, 0.717) is 0 Å². The smallest absolute Gasteiger partial charge is 0.118 e. The summed E-state index contributed by atoms with van der Waals surface area (Å²) in [5, 5.41) is 0. The zero-order valence-corrected chi connectivity index (χ0v) is 9.33. The zero-order valence-electron chi connectivity index (χ0n) is 7.17. The highest BCUT2D eigenvalue weighted by Crippen LogP contribution is 2.26. The van der Waals surface area contributed by atoms with Crippen LogP contribution in [0.1, 0.15) is 12.5 Å². The normalized spacial score (nSPS) is 15.3. The maximum atomic E-state index is 5.89. The van der Waals surface area contributed by atoms with Crippen LogP contribution in [0.4, 0.5) is 0 Å². The summed E-state index contributed by atoms with van der Waals surface area (Å²) in [7, 11) is 1.65. The molecule has 0 saturated carbocycles. The molecule has 0 radical (unpaired) electrons. The molecule has 0 bridgehead atoms. The molecule has 0 unspecified atom stereocenters. The van der Waals surface area contributed by atoms with Gasteiger partial charge in [-0.05, 0) is 24.6 Å². The van der Waals surface area contributed by atoms with Crippen molar-refractivity contribution in [3.05, 3.63) is 29.8 Å². The molecular formula is C9H12INO. The highest BCUT2D eigenvalue weighted by molar-refractivity contribution is 14.1. The molecule has 0 aromatic heterocycles. The minimum Gasteiger partial charge on any atom is -0.497 e. The van der Waals surface area contributed by atoms with Gasteiger partial charge in [0.1, 0.15) is 5.75 Å². The van der Waals surface area contributed by atoms with E-state index in [9.17, 15) is 0 Å². The molecule has 2 N–H and O–H groups in total. The van der Waals surface area contributed by atoms with Crippen molar-refractivity contribution in [2.24, 2.45) is 5.73 Å². The lowest BCUT2D eigenvalue weighted by atomic mass is 10.1. The maximum Gasteiger partial charge on any atom is 0.118 e. The van der Waals surface area contributed by atoms with Gasteiger partial charge in [-0.15, -0.1) is 0 Å². The molecule has 0 aliphatic carbocycles. The standard InChI is InChI=1S/C9H12INO/c1-9(10,11)7-3-5-8(12-2)6-4-7/h3-6H,11H2,1-2H3/t9-/m1/s1. The molecule has 0 amide bonds. The third kappa shape index (κ3) is 2.35. The third-order valence-electron chi connectivity index (χ3n) is 1.65. The van der Waals surface area contributed by atoms with Crippen LogP contribution in [0.25, 0.3) is 0 Å². The van der Waals surface area contributed by atoms with E-state index in [4.69, 9.17) is 10.5 Å². The molecule has 12 heavy (non-hydrogen) atoms. The zero-order chi connectivity index (χ0) is 9.19. The molecular weight excluding hydrogens is 265 g/mol. The fourth-order valence-corrected chi connectivity index (χ4v) is 1.28. The van der Waals surface area contributed by atoms with Gasteiger partial charge in [-0.1, -0.05) is 34.7 Å². The first-order valence-electron chi connectivity index (χ1n) is 3.66. The Bertz CT molecular complexity index is 250. The SMILES string of the molecule is COc1ccc([C@@](C)(N)I)cc1. The monoisotopic (exact) mass is 277 g/mol.